The number of piperidine rings is 1. The number of urea groups is 1. The number of ether oxygens (including phenoxy) is 1. The van der Waals surface area contributed by atoms with Gasteiger partial charge < -0.3 is 15.0 Å². The van der Waals surface area contributed by atoms with Crippen molar-refractivity contribution in [2.45, 2.75) is 44.6 Å². The maximum absolute atomic E-state index is 12.9. The Kier molecular flexibility index (Phi) is 6.67. The van der Waals surface area contributed by atoms with E-state index in [9.17, 15) is 14.4 Å². The molecule has 0 saturated carbocycles. The van der Waals surface area contributed by atoms with Gasteiger partial charge in [-0.1, -0.05) is 30.3 Å². The fraction of sp³-hybridized carbons (Fsp3) is 0.571. The standard InChI is InChI=1S/C21H29N3O4/c1-2-28-18(25)9-6-13-24-19(26)21(22-20(24)27)11-15-23(16-12-21)14-10-17-7-4-3-5-8-17/h3-5,7-8H,2,6,9-16H2,1H3,(H,22,27). The molecule has 0 bridgehead atoms. The van der Waals surface area contributed by atoms with Crippen molar-refractivity contribution >= 4 is 17.9 Å². The van der Waals surface area contributed by atoms with E-state index in [1.807, 2.05) is 18.2 Å². The predicted octanol–water partition coefficient (Wildman–Crippen LogP) is 1.96. The maximum Gasteiger partial charge on any atom is 0.325 e. The molecule has 7 nitrogen and oxygen atoms in total. The van der Waals surface area contributed by atoms with Crippen LogP contribution < -0.4 is 5.32 Å². The second-order valence-corrected chi connectivity index (χ2v) is 7.45. The van der Waals surface area contributed by atoms with Gasteiger partial charge in [0.15, 0.2) is 0 Å². The zero-order valence-electron chi connectivity index (χ0n) is 16.5. The summed E-state index contributed by atoms with van der Waals surface area (Å²) in [6.07, 6.45) is 2.87. The number of nitrogens with zero attached hydrogens (tertiary/aromatic N) is 2. The number of nitrogens with one attached hydrogen (secondary N) is 1. The van der Waals surface area contributed by atoms with Crippen LogP contribution in [-0.2, 0) is 20.7 Å². The third-order valence-corrected chi connectivity index (χ3v) is 5.58. The summed E-state index contributed by atoms with van der Waals surface area (Å²) in [5.74, 6) is -0.444. The molecule has 1 spiro atoms. The highest BCUT2D eigenvalue weighted by atomic mass is 16.5. The Morgan fingerprint density at radius 1 is 1.14 bits per heavy atom. The molecule has 0 radical (unpaired) electrons. The first-order chi connectivity index (χ1) is 13.5. The van der Waals surface area contributed by atoms with Crippen molar-refractivity contribution in [2.75, 3.05) is 32.8 Å². The van der Waals surface area contributed by atoms with E-state index in [2.05, 4.69) is 22.3 Å². The molecule has 2 fully saturated rings. The van der Waals surface area contributed by atoms with E-state index in [1.54, 1.807) is 6.92 Å². The molecule has 152 valence electrons. The summed E-state index contributed by atoms with van der Waals surface area (Å²) in [5.41, 5.74) is 0.533. The van der Waals surface area contributed by atoms with Crippen LogP contribution >= 0.6 is 0 Å². The van der Waals surface area contributed by atoms with Gasteiger partial charge in [0, 0.05) is 32.6 Å². The average molecular weight is 387 g/mol. The van der Waals surface area contributed by atoms with Crippen LogP contribution in [0.15, 0.2) is 30.3 Å². The summed E-state index contributed by atoms with van der Waals surface area (Å²) in [6, 6.07) is 10.0. The second kappa shape index (κ2) is 9.19. The first kappa shape index (κ1) is 20.3. The van der Waals surface area contributed by atoms with Crippen LogP contribution in [0.3, 0.4) is 0 Å². The topological polar surface area (TPSA) is 79.0 Å². The number of hydrogen-bond donors (Lipinski definition) is 1. The number of carbonyl (C=O) groups is 3. The van der Waals surface area contributed by atoms with Crippen molar-refractivity contribution in [2.24, 2.45) is 0 Å². The molecule has 2 aliphatic rings. The van der Waals surface area contributed by atoms with Crippen LogP contribution in [0.25, 0.3) is 0 Å². The van der Waals surface area contributed by atoms with E-state index in [0.717, 1.165) is 26.1 Å². The Balaban J connectivity index is 1.47. The van der Waals surface area contributed by atoms with Crippen LogP contribution in [0, 0.1) is 0 Å². The summed E-state index contributed by atoms with van der Waals surface area (Å²) < 4.78 is 4.89. The number of esters is 1. The van der Waals surface area contributed by atoms with Crippen molar-refractivity contribution in [3.63, 3.8) is 0 Å². The fourth-order valence-electron chi connectivity index (χ4n) is 3.92. The van der Waals surface area contributed by atoms with E-state index < -0.39 is 5.54 Å². The number of likely N-dealkylation sites (tertiary alicyclic amines) is 1. The van der Waals surface area contributed by atoms with Gasteiger partial charge in [-0.05, 0) is 38.2 Å². The molecule has 0 aliphatic carbocycles. The Hall–Kier alpha value is -2.41. The van der Waals surface area contributed by atoms with Crippen molar-refractivity contribution in [1.82, 2.24) is 15.1 Å². The number of benzene rings is 1. The van der Waals surface area contributed by atoms with E-state index in [0.29, 0.717) is 25.9 Å². The molecule has 3 rings (SSSR count). The summed E-state index contributed by atoms with van der Waals surface area (Å²) in [4.78, 5) is 40.3. The molecule has 28 heavy (non-hydrogen) atoms. The lowest BCUT2D eigenvalue weighted by Crippen LogP contribution is -2.55. The first-order valence-corrected chi connectivity index (χ1v) is 10.1. The molecular formula is C21H29N3O4. The summed E-state index contributed by atoms with van der Waals surface area (Å²) in [6.45, 7) is 4.87. The minimum absolute atomic E-state index is 0.149. The summed E-state index contributed by atoms with van der Waals surface area (Å²) >= 11 is 0. The highest BCUT2D eigenvalue weighted by Crippen LogP contribution is 2.29. The van der Waals surface area contributed by atoms with Gasteiger partial charge in [-0.15, -0.1) is 0 Å². The molecule has 2 saturated heterocycles. The quantitative estimate of drug-likeness (QED) is 0.545. The van der Waals surface area contributed by atoms with E-state index in [-0.39, 0.29) is 30.9 Å². The maximum atomic E-state index is 12.9. The molecule has 0 unspecified atom stereocenters. The Morgan fingerprint density at radius 2 is 1.86 bits per heavy atom. The fourth-order valence-corrected chi connectivity index (χ4v) is 3.92. The number of carbonyl (C=O) groups excluding carboxylic acids is 3. The average Bonchev–Trinajstić information content (AvgIpc) is 2.93. The van der Waals surface area contributed by atoms with Crippen molar-refractivity contribution in [3.05, 3.63) is 35.9 Å². The zero-order chi connectivity index (χ0) is 20.0. The molecule has 3 amide bonds. The van der Waals surface area contributed by atoms with Crippen molar-refractivity contribution in [1.29, 1.82) is 0 Å². The molecule has 0 aromatic heterocycles. The van der Waals surface area contributed by atoms with E-state index in [1.165, 1.54) is 10.5 Å². The van der Waals surface area contributed by atoms with Gasteiger partial charge in [-0.2, -0.15) is 0 Å². The van der Waals surface area contributed by atoms with Gasteiger partial charge in [-0.3, -0.25) is 14.5 Å². The van der Waals surface area contributed by atoms with Crippen LogP contribution in [0.5, 0.6) is 0 Å². The number of rotatable bonds is 8. The summed E-state index contributed by atoms with van der Waals surface area (Å²) in [7, 11) is 0. The van der Waals surface area contributed by atoms with Crippen LogP contribution in [0.2, 0.25) is 0 Å². The summed E-state index contributed by atoms with van der Waals surface area (Å²) in [5, 5.41) is 2.92. The third-order valence-electron chi connectivity index (χ3n) is 5.58. The molecule has 1 aromatic rings. The number of imide groups is 1. The highest BCUT2D eigenvalue weighted by molar-refractivity contribution is 6.07. The Morgan fingerprint density at radius 3 is 2.54 bits per heavy atom. The van der Waals surface area contributed by atoms with Gasteiger partial charge in [-0.25, -0.2) is 4.79 Å². The Bertz CT molecular complexity index is 699. The lowest BCUT2D eigenvalue weighted by Gasteiger charge is -2.37. The predicted molar refractivity (Wildman–Crippen MR) is 105 cm³/mol. The van der Waals surface area contributed by atoms with Crippen molar-refractivity contribution < 1.29 is 19.1 Å². The Labute approximate surface area is 166 Å². The van der Waals surface area contributed by atoms with E-state index in [4.69, 9.17) is 4.74 Å². The molecule has 1 aromatic carbocycles. The molecular weight excluding hydrogens is 358 g/mol. The molecule has 7 heteroatoms. The smallest absolute Gasteiger partial charge is 0.325 e. The monoisotopic (exact) mass is 387 g/mol. The SMILES string of the molecule is CCOC(=O)CCCN1C(=O)NC2(CCN(CCc3ccccc3)CC2)C1=O. The first-order valence-electron chi connectivity index (χ1n) is 10.1. The van der Waals surface area contributed by atoms with Crippen LogP contribution in [0.1, 0.15) is 38.2 Å². The van der Waals surface area contributed by atoms with Gasteiger partial charge >= 0.3 is 12.0 Å². The lowest BCUT2D eigenvalue weighted by molar-refractivity contribution is -0.143. The highest BCUT2D eigenvalue weighted by Gasteiger charge is 2.51. The van der Waals surface area contributed by atoms with Gasteiger partial charge in [0.1, 0.15) is 5.54 Å². The minimum Gasteiger partial charge on any atom is -0.466 e. The third kappa shape index (κ3) is 4.70. The molecule has 2 heterocycles. The molecule has 1 N–H and O–H groups in total. The van der Waals surface area contributed by atoms with E-state index >= 15 is 0 Å². The van der Waals surface area contributed by atoms with Gasteiger partial charge in [0.05, 0.1) is 6.61 Å². The second-order valence-electron chi connectivity index (χ2n) is 7.45. The lowest BCUT2D eigenvalue weighted by atomic mass is 9.87. The van der Waals surface area contributed by atoms with Crippen LogP contribution in [-0.4, -0.2) is 66.0 Å². The van der Waals surface area contributed by atoms with Gasteiger partial charge in [0.2, 0.25) is 0 Å². The van der Waals surface area contributed by atoms with Crippen molar-refractivity contribution in [3.8, 4) is 0 Å². The van der Waals surface area contributed by atoms with Gasteiger partial charge in [0.25, 0.3) is 5.91 Å². The van der Waals surface area contributed by atoms with Crippen LogP contribution in [0.4, 0.5) is 4.79 Å². The number of amides is 3. The minimum atomic E-state index is -0.774. The zero-order valence-corrected chi connectivity index (χ0v) is 16.5. The normalized spacial score (nSPS) is 19.1. The molecule has 2 aliphatic heterocycles. The number of hydrogen-bond acceptors (Lipinski definition) is 5. The largest absolute Gasteiger partial charge is 0.466 e. The molecule has 0 atom stereocenters.